The standard InChI is InChI=1S/C13H29N3/c14-11-13(9-5-2-6-10-13)8-4-1-3-7-12(15)16/h12H,1-11,14-16H2. The average Bonchev–Trinajstić information content (AvgIpc) is 2.29. The van der Waals surface area contributed by atoms with Crippen molar-refractivity contribution in [1.29, 1.82) is 0 Å². The molecule has 96 valence electrons. The van der Waals surface area contributed by atoms with Gasteiger partial charge in [0.05, 0.1) is 6.17 Å². The van der Waals surface area contributed by atoms with Crippen molar-refractivity contribution in [1.82, 2.24) is 0 Å². The zero-order chi connectivity index (χ0) is 11.9. The van der Waals surface area contributed by atoms with E-state index in [-0.39, 0.29) is 6.17 Å². The molecule has 3 heteroatoms. The van der Waals surface area contributed by atoms with Crippen LogP contribution in [0.3, 0.4) is 0 Å². The lowest BCUT2D eigenvalue weighted by atomic mass is 9.71. The van der Waals surface area contributed by atoms with Gasteiger partial charge in [0.2, 0.25) is 0 Å². The predicted molar refractivity (Wildman–Crippen MR) is 69.8 cm³/mol. The Labute approximate surface area is 100 Å². The van der Waals surface area contributed by atoms with Crippen molar-refractivity contribution in [2.75, 3.05) is 6.54 Å². The topological polar surface area (TPSA) is 78.1 Å². The van der Waals surface area contributed by atoms with Gasteiger partial charge in [0.25, 0.3) is 0 Å². The summed E-state index contributed by atoms with van der Waals surface area (Å²) >= 11 is 0. The number of nitrogens with two attached hydrogens (primary N) is 3. The van der Waals surface area contributed by atoms with Gasteiger partial charge in [0.1, 0.15) is 0 Å². The molecule has 0 heterocycles. The van der Waals surface area contributed by atoms with Gasteiger partial charge in [-0.2, -0.15) is 0 Å². The summed E-state index contributed by atoms with van der Waals surface area (Å²) in [6.45, 7) is 0.878. The third-order valence-corrected chi connectivity index (χ3v) is 4.09. The lowest BCUT2D eigenvalue weighted by Gasteiger charge is -2.36. The number of hydrogen-bond acceptors (Lipinski definition) is 3. The van der Waals surface area contributed by atoms with Crippen molar-refractivity contribution in [3.63, 3.8) is 0 Å². The van der Waals surface area contributed by atoms with Crippen molar-refractivity contribution < 1.29 is 0 Å². The lowest BCUT2D eigenvalue weighted by Crippen LogP contribution is -2.32. The zero-order valence-corrected chi connectivity index (χ0v) is 10.6. The first-order chi connectivity index (χ1) is 7.68. The summed E-state index contributed by atoms with van der Waals surface area (Å²) in [5.74, 6) is 0. The normalized spacial score (nSPS) is 20.2. The molecule has 0 spiro atoms. The fourth-order valence-electron chi connectivity index (χ4n) is 2.91. The summed E-state index contributed by atoms with van der Waals surface area (Å²) in [5.41, 5.74) is 17.5. The highest BCUT2D eigenvalue weighted by Gasteiger charge is 2.29. The minimum Gasteiger partial charge on any atom is -0.330 e. The predicted octanol–water partition coefficient (Wildman–Crippen LogP) is 2.09. The molecule has 1 aliphatic rings. The highest BCUT2D eigenvalue weighted by atomic mass is 14.8. The summed E-state index contributed by atoms with van der Waals surface area (Å²) in [5, 5.41) is 0. The van der Waals surface area contributed by atoms with Crippen LogP contribution < -0.4 is 17.2 Å². The van der Waals surface area contributed by atoms with E-state index in [0.717, 1.165) is 19.4 Å². The van der Waals surface area contributed by atoms with Gasteiger partial charge in [0.15, 0.2) is 0 Å². The molecule has 0 bridgehead atoms. The molecule has 0 aromatic rings. The van der Waals surface area contributed by atoms with Crippen LogP contribution in [0, 0.1) is 5.41 Å². The fraction of sp³-hybridized carbons (Fsp3) is 1.00. The van der Waals surface area contributed by atoms with Gasteiger partial charge in [0, 0.05) is 0 Å². The Morgan fingerprint density at radius 2 is 1.62 bits per heavy atom. The molecule has 0 aromatic heterocycles. The van der Waals surface area contributed by atoms with E-state index in [1.807, 2.05) is 0 Å². The Morgan fingerprint density at radius 1 is 0.938 bits per heavy atom. The first-order valence-electron chi connectivity index (χ1n) is 6.90. The number of rotatable bonds is 7. The van der Waals surface area contributed by atoms with Crippen LogP contribution in [0.5, 0.6) is 0 Å². The molecule has 1 rings (SSSR count). The minimum atomic E-state index is -0.127. The largest absolute Gasteiger partial charge is 0.330 e. The van der Waals surface area contributed by atoms with E-state index < -0.39 is 0 Å². The van der Waals surface area contributed by atoms with Gasteiger partial charge in [-0.05, 0) is 37.6 Å². The SMILES string of the molecule is NCC1(CCCCCC(N)N)CCCCC1. The molecule has 16 heavy (non-hydrogen) atoms. The molecule has 1 saturated carbocycles. The summed E-state index contributed by atoms with van der Waals surface area (Å²) in [7, 11) is 0. The number of unbranched alkanes of at least 4 members (excludes halogenated alkanes) is 2. The van der Waals surface area contributed by atoms with Crippen molar-refractivity contribution in [3.8, 4) is 0 Å². The van der Waals surface area contributed by atoms with E-state index in [1.54, 1.807) is 0 Å². The Kier molecular flexibility index (Phi) is 6.32. The first kappa shape index (κ1) is 13.9. The second kappa shape index (κ2) is 7.25. The Balaban J connectivity index is 2.13. The van der Waals surface area contributed by atoms with Crippen molar-refractivity contribution in [2.24, 2.45) is 22.6 Å². The third kappa shape index (κ3) is 4.81. The van der Waals surface area contributed by atoms with Gasteiger partial charge in [-0.25, -0.2) is 0 Å². The average molecular weight is 227 g/mol. The van der Waals surface area contributed by atoms with Crippen LogP contribution in [0.4, 0.5) is 0 Å². The van der Waals surface area contributed by atoms with E-state index >= 15 is 0 Å². The maximum Gasteiger partial charge on any atom is 0.0520 e. The first-order valence-corrected chi connectivity index (χ1v) is 6.90. The van der Waals surface area contributed by atoms with E-state index in [2.05, 4.69) is 0 Å². The van der Waals surface area contributed by atoms with E-state index in [9.17, 15) is 0 Å². The van der Waals surface area contributed by atoms with Gasteiger partial charge in [-0.15, -0.1) is 0 Å². The van der Waals surface area contributed by atoms with Crippen molar-refractivity contribution in [3.05, 3.63) is 0 Å². The third-order valence-electron chi connectivity index (χ3n) is 4.09. The molecule has 0 aliphatic heterocycles. The number of hydrogen-bond donors (Lipinski definition) is 3. The summed E-state index contributed by atoms with van der Waals surface area (Å²) in [6.07, 6.45) is 12.7. The molecule has 1 aliphatic carbocycles. The van der Waals surface area contributed by atoms with E-state index in [1.165, 1.54) is 51.4 Å². The second-order valence-corrected chi connectivity index (χ2v) is 5.53. The summed E-state index contributed by atoms with van der Waals surface area (Å²) in [4.78, 5) is 0. The maximum atomic E-state index is 5.96. The van der Waals surface area contributed by atoms with Crippen LogP contribution in [-0.4, -0.2) is 12.7 Å². The Morgan fingerprint density at radius 3 is 2.19 bits per heavy atom. The Hall–Kier alpha value is -0.120. The lowest BCUT2D eigenvalue weighted by molar-refractivity contribution is 0.176. The molecule has 1 fully saturated rings. The molecular formula is C13H29N3. The van der Waals surface area contributed by atoms with Crippen LogP contribution in [0.15, 0.2) is 0 Å². The monoisotopic (exact) mass is 227 g/mol. The van der Waals surface area contributed by atoms with Crippen LogP contribution in [0.1, 0.15) is 64.2 Å². The van der Waals surface area contributed by atoms with Gasteiger partial charge < -0.3 is 17.2 Å². The molecule has 6 N–H and O–H groups in total. The van der Waals surface area contributed by atoms with Crippen LogP contribution >= 0.6 is 0 Å². The smallest absolute Gasteiger partial charge is 0.0520 e. The van der Waals surface area contributed by atoms with Gasteiger partial charge in [-0.3, -0.25) is 0 Å². The highest BCUT2D eigenvalue weighted by molar-refractivity contribution is 4.83. The molecule has 3 nitrogen and oxygen atoms in total. The maximum absolute atomic E-state index is 5.96. The fourth-order valence-corrected chi connectivity index (χ4v) is 2.91. The van der Waals surface area contributed by atoms with Crippen LogP contribution in [-0.2, 0) is 0 Å². The molecular weight excluding hydrogens is 198 g/mol. The van der Waals surface area contributed by atoms with E-state index in [0.29, 0.717) is 5.41 Å². The molecule has 0 saturated heterocycles. The molecule has 0 atom stereocenters. The quantitative estimate of drug-likeness (QED) is 0.460. The highest BCUT2D eigenvalue weighted by Crippen LogP contribution is 2.39. The molecule has 0 amide bonds. The minimum absolute atomic E-state index is 0.127. The Bertz CT molecular complexity index is 174. The van der Waals surface area contributed by atoms with Crippen molar-refractivity contribution in [2.45, 2.75) is 70.4 Å². The van der Waals surface area contributed by atoms with Gasteiger partial charge >= 0.3 is 0 Å². The summed E-state index contributed by atoms with van der Waals surface area (Å²) < 4.78 is 0. The molecule has 0 aromatic carbocycles. The van der Waals surface area contributed by atoms with Crippen LogP contribution in [0.25, 0.3) is 0 Å². The summed E-state index contributed by atoms with van der Waals surface area (Å²) in [6, 6.07) is 0. The van der Waals surface area contributed by atoms with Crippen molar-refractivity contribution >= 4 is 0 Å². The van der Waals surface area contributed by atoms with Crippen LogP contribution in [0.2, 0.25) is 0 Å². The van der Waals surface area contributed by atoms with E-state index in [4.69, 9.17) is 17.2 Å². The second-order valence-electron chi connectivity index (χ2n) is 5.53. The molecule has 0 radical (unpaired) electrons. The zero-order valence-electron chi connectivity index (χ0n) is 10.6. The molecule has 0 unspecified atom stereocenters. The van der Waals surface area contributed by atoms with Gasteiger partial charge in [-0.1, -0.05) is 38.5 Å².